The highest BCUT2D eigenvalue weighted by atomic mass is 35.5. The van der Waals surface area contributed by atoms with Crippen LogP contribution in [0, 0.1) is 6.92 Å². The van der Waals surface area contributed by atoms with Crippen LogP contribution in [-0.4, -0.2) is 18.0 Å². The lowest BCUT2D eigenvalue weighted by molar-refractivity contribution is 0.102. The number of carbonyl (C=O) groups excluding carboxylic acids is 1. The van der Waals surface area contributed by atoms with Gasteiger partial charge in [0.1, 0.15) is 11.4 Å². The molecular weight excluding hydrogens is 362 g/mol. The minimum atomic E-state index is -0.295. The number of rotatable bonds is 6. The molecule has 0 spiro atoms. The number of nitrogens with zero attached hydrogens (tertiary/aromatic N) is 1. The Balaban J connectivity index is 1.65. The molecule has 0 saturated carbocycles. The third-order valence-electron chi connectivity index (χ3n) is 4.04. The lowest BCUT2D eigenvalue weighted by atomic mass is 10.2. The monoisotopic (exact) mass is 381 g/mol. The van der Waals surface area contributed by atoms with Gasteiger partial charge < -0.3 is 15.4 Å². The Morgan fingerprint density at radius 3 is 2.67 bits per heavy atom. The maximum Gasteiger partial charge on any atom is 0.274 e. The molecule has 0 saturated heterocycles. The quantitative estimate of drug-likeness (QED) is 0.636. The SMILES string of the molecule is COc1ccc(C)cc1NC(=O)c1ccc(NCc2ccccc2Cl)cn1. The van der Waals surface area contributed by atoms with Gasteiger partial charge in [0.2, 0.25) is 0 Å². The summed E-state index contributed by atoms with van der Waals surface area (Å²) in [7, 11) is 1.57. The number of benzene rings is 2. The molecule has 3 rings (SSSR count). The van der Waals surface area contributed by atoms with E-state index in [1.807, 2.05) is 55.5 Å². The summed E-state index contributed by atoms with van der Waals surface area (Å²) in [6, 6.07) is 16.7. The summed E-state index contributed by atoms with van der Waals surface area (Å²) in [5.74, 6) is 0.309. The number of nitrogens with one attached hydrogen (secondary N) is 2. The van der Waals surface area contributed by atoms with Crippen LogP contribution in [0.3, 0.4) is 0 Å². The molecule has 6 heteroatoms. The predicted octanol–water partition coefficient (Wildman–Crippen LogP) is 4.92. The third kappa shape index (κ3) is 4.77. The van der Waals surface area contributed by atoms with Crippen LogP contribution in [0.5, 0.6) is 5.75 Å². The van der Waals surface area contributed by atoms with Crippen molar-refractivity contribution in [3.05, 3.63) is 82.6 Å². The van der Waals surface area contributed by atoms with Crippen molar-refractivity contribution in [1.29, 1.82) is 0 Å². The summed E-state index contributed by atoms with van der Waals surface area (Å²) in [4.78, 5) is 16.7. The Morgan fingerprint density at radius 1 is 1.15 bits per heavy atom. The molecule has 0 bridgehead atoms. The number of ether oxygens (including phenoxy) is 1. The Hall–Kier alpha value is -3.05. The fraction of sp³-hybridized carbons (Fsp3) is 0.143. The van der Waals surface area contributed by atoms with Gasteiger partial charge in [-0.3, -0.25) is 4.79 Å². The summed E-state index contributed by atoms with van der Waals surface area (Å²) >= 11 is 6.15. The van der Waals surface area contributed by atoms with Crippen molar-refractivity contribution in [2.24, 2.45) is 0 Å². The smallest absolute Gasteiger partial charge is 0.274 e. The van der Waals surface area contributed by atoms with Gasteiger partial charge in [-0.1, -0.05) is 35.9 Å². The Labute approximate surface area is 163 Å². The van der Waals surface area contributed by atoms with Crippen molar-refractivity contribution in [2.75, 3.05) is 17.7 Å². The van der Waals surface area contributed by atoms with Crippen molar-refractivity contribution >= 4 is 28.9 Å². The second-order valence-electron chi connectivity index (χ2n) is 6.03. The van der Waals surface area contributed by atoms with Gasteiger partial charge in [-0.05, 0) is 48.4 Å². The lowest BCUT2D eigenvalue weighted by Crippen LogP contribution is -2.14. The maximum absolute atomic E-state index is 12.5. The highest BCUT2D eigenvalue weighted by Crippen LogP contribution is 2.25. The average Bonchev–Trinajstić information content (AvgIpc) is 2.68. The number of halogens is 1. The van der Waals surface area contributed by atoms with Gasteiger partial charge in [-0.2, -0.15) is 0 Å². The van der Waals surface area contributed by atoms with Crippen molar-refractivity contribution < 1.29 is 9.53 Å². The van der Waals surface area contributed by atoms with Gasteiger partial charge in [0.15, 0.2) is 0 Å². The van der Waals surface area contributed by atoms with Crippen LogP contribution >= 0.6 is 11.6 Å². The lowest BCUT2D eigenvalue weighted by Gasteiger charge is -2.11. The number of methoxy groups -OCH3 is 1. The van der Waals surface area contributed by atoms with Crippen LogP contribution in [0.15, 0.2) is 60.8 Å². The minimum absolute atomic E-state index is 0.295. The molecule has 27 heavy (non-hydrogen) atoms. The molecule has 1 heterocycles. The molecule has 0 aliphatic carbocycles. The van der Waals surface area contributed by atoms with E-state index in [1.165, 1.54) is 0 Å². The molecular formula is C21H20ClN3O2. The van der Waals surface area contributed by atoms with Gasteiger partial charge in [0.25, 0.3) is 5.91 Å². The van der Waals surface area contributed by atoms with Crippen molar-refractivity contribution in [3.63, 3.8) is 0 Å². The average molecular weight is 382 g/mol. The first-order valence-electron chi connectivity index (χ1n) is 8.46. The molecule has 0 radical (unpaired) electrons. The zero-order valence-corrected chi connectivity index (χ0v) is 15.9. The first-order valence-corrected chi connectivity index (χ1v) is 8.84. The number of hydrogen-bond donors (Lipinski definition) is 2. The number of aryl methyl sites for hydroxylation is 1. The van der Waals surface area contributed by atoms with E-state index in [1.54, 1.807) is 19.4 Å². The fourth-order valence-electron chi connectivity index (χ4n) is 2.58. The van der Waals surface area contributed by atoms with Crippen molar-refractivity contribution in [3.8, 4) is 5.75 Å². The summed E-state index contributed by atoms with van der Waals surface area (Å²) < 4.78 is 5.28. The van der Waals surface area contributed by atoms with Crippen LogP contribution in [0.1, 0.15) is 21.6 Å². The number of carbonyl (C=O) groups is 1. The van der Waals surface area contributed by atoms with E-state index in [9.17, 15) is 4.79 Å². The van der Waals surface area contributed by atoms with Gasteiger partial charge in [0.05, 0.1) is 24.7 Å². The van der Waals surface area contributed by atoms with E-state index in [4.69, 9.17) is 16.3 Å². The zero-order chi connectivity index (χ0) is 19.2. The minimum Gasteiger partial charge on any atom is -0.495 e. The molecule has 3 aromatic rings. The molecule has 0 unspecified atom stereocenters. The fourth-order valence-corrected chi connectivity index (χ4v) is 2.78. The molecule has 0 atom stereocenters. The largest absolute Gasteiger partial charge is 0.495 e. The van der Waals surface area contributed by atoms with Gasteiger partial charge in [0, 0.05) is 11.6 Å². The Kier molecular flexibility index (Phi) is 5.94. The second-order valence-corrected chi connectivity index (χ2v) is 6.44. The van der Waals surface area contributed by atoms with Gasteiger partial charge >= 0.3 is 0 Å². The van der Waals surface area contributed by atoms with Crippen molar-refractivity contribution in [2.45, 2.75) is 13.5 Å². The number of amides is 1. The molecule has 2 N–H and O–H groups in total. The Bertz CT molecular complexity index is 942. The van der Waals surface area contributed by atoms with Crippen LogP contribution in [0.4, 0.5) is 11.4 Å². The van der Waals surface area contributed by atoms with Crippen LogP contribution in [-0.2, 0) is 6.54 Å². The predicted molar refractivity (Wildman–Crippen MR) is 109 cm³/mol. The number of pyridine rings is 1. The second kappa shape index (κ2) is 8.56. The van der Waals surface area contributed by atoms with Gasteiger partial charge in [-0.15, -0.1) is 0 Å². The summed E-state index contributed by atoms with van der Waals surface area (Å²) in [6.07, 6.45) is 1.62. The van der Waals surface area contributed by atoms with E-state index in [0.29, 0.717) is 28.7 Å². The first kappa shape index (κ1) is 18.7. The maximum atomic E-state index is 12.5. The molecule has 2 aromatic carbocycles. The molecule has 0 aliphatic heterocycles. The topological polar surface area (TPSA) is 63.2 Å². The molecule has 0 fully saturated rings. The van der Waals surface area contributed by atoms with E-state index >= 15 is 0 Å². The van der Waals surface area contributed by atoms with Crippen LogP contribution < -0.4 is 15.4 Å². The third-order valence-corrected chi connectivity index (χ3v) is 4.41. The highest BCUT2D eigenvalue weighted by molar-refractivity contribution is 6.31. The summed E-state index contributed by atoms with van der Waals surface area (Å²) in [5, 5.41) is 6.79. The van der Waals surface area contributed by atoms with Crippen LogP contribution in [0.2, 0.25) is 5.02 Å². The standard InChI is InChI=1S/C21H20ClN3O2/c1-14-7-10-20(27-2)19(11-14)25-21(26)18-9-8-16(13-24-18)23-12-15-5-3-4-6-17(15)22/h3-11,13,23H,12H2,1-2H3,(H,25,26). The van der Waals surface area contributed by atoms with E-state index in [0.717, 1.165) is 16.8 Å². The van der Waals surface area contributed by atoms with E-state index < -0.39 is 0 Å². The number of hydrogen-bond acceptors (Lipinski definition) is 4. The molecule has 1 amide bonds. The number of aromatic nitrogens is 1. The summed E-state index contributed by atoms with van der Waals surface area (Å²) in [6.45, 7) is 2.53. The van der Waals surface area contributed by atoms with E-state index in [-0.39, 0.29) is 5.91 Å². The zero-order valence-electron chi connectivity index (χ0n) is 15.1. The molecule has 0 aliphatic rings. The van der Waals surface area contributed by atoms with Gasteiger partial charge in [-0.25, -0.2) is 4.98 Å². The number of anilines is 2. The normalized spacial score (nSPS) is 10.3. The Morgan fingerprint density at radius 2 is 1.96 bits per heavy atom. The van der Waals surface area contributed by atoms with E-state index in [2.05, 4.69) is 15.6 Å². The summed E-state index contributed by atoms with van der Waals surface area (Å²) in [5.41, 5.74) is 3.76. The van der Waals surface area contributed by atoms with Crippen molar-refractivity contribution in [1.82, 2.24) is 4.98 Å². The molecule has 138 valence electrons. The highest BCUT2D eigenvalue weighted by Gasteiger charge is 2.11. The molecule has 5 nitrogen and oxygen atoms in total. The first-order chi connectivity index (χ1) is 13.1. The van der Waals surface area contributed by atoms with Crippen LogP contribution in [0.25, 0.3) is 0 Å². The molecule has 1 aromatic heterocycles.